The fourth-order valence-electron chi connectivity index (χ4n) is 4.56. The third-order valence-electron chi connectivity index (χ3n) is 6.42. The van der Waals surface area contributed by atoms with Crippen LogP contribution in [0.4, 0.5) is 5.69 Å². The molecule has 2 N–H and O–H groups in total. The van der Waals surface area contributed by atoms with E-state index >= 15 is 0 Å². The number of hydrogen-bond acceptors (Lipinski definition) is 5. The van der Waals surface area contributed by atoms with Crippen molar-refractivity contribution in [1.82, 2.24) is 4.90 Å². The number of ether oxygens (including phenoxy) is 1. The van der Waals surface area contributed by atoms with E-state index in [4.69, 9.17) is 4.74 Å². The summed E-state index contributed by atoms with van der Waals surface area (Å²) in [5.41, 5.74) is 0.982. The number of aliphatic carboxylic acids is 1. The Hall–Kier alpha value is -2.90. The van der Waals surface area contributed by atoms with Crippen molar-refractivity contribution in [2.75, 3.05) is 44.3 Å². The van der Waals surface area contributed by atoms with Crippen molar-refractivity contribution in [3.8, 4) is 0 Å². The number of amides is 1. The van der Waals surface area contributed by atoms with Crippen LogP contribution in [0.5, 0.6) is 0 Å². The molecular weight excluding hydrogens is 396 g/mol. The first-order chi connectivity index (χ1) is 15.0. The van der Waals surface area contributed by atoms with Crippen LogP contribution < -0.4 is 4.90 Å². The molecule has 7 nitrogen and oxygen atoms in total. The van der Waals surface area contributed by atoms with Gasteiger partial charge in [0.25, 0.3) is 5.91 Å². The maximum absolute atomic E-state index is 13.4. The number of rotatable bonds is 5. The average molecular weight is 424 g/mol. The van der Waals surface area contributed by atoms with E-state index in [9.17, 15) is 19.8 Å². The molecule has 7 heteroatoms. The molecule has 2 aromatic rings. The predicted octanol–water partition coefficient (Wildman–Crippen LogP) is 2.04. The summed E-state index contributed by atoms with van der Waals surface area (Å²) in [4.78, 5) is 29.3. The van der Waals surface area contributed by atoms with Gasteiger partial charge in [-0.2, -0.15) is 0 Å². The van der Waals surface area contributed by atoms with E-state index in [-0.39, 0.29) is 31.8 Å². The Balaban J connectivity index is 1.53. The molecule has 2 atom stereocenters. The summed E-state index contributed by atoms with van der Waals surface area (Å²) in [6, 6.07) is 16.8. The smallest absolute Gasteiger partial charge is 0.312 e. The number of aliphatic hydroxyl groups excluding tert-OH is 1. The van der Waals surface area contributed by atoms with Crippen LogP contribution >= 0.6 is 0 Å². The molecule has 2 aliphatic rings. The number of carbonyl (C=O) groups is 2. The van der Waals surface area contributed by atoms with Crippen LogP contribution in [0.2, 0.25) is 0 Å². The largest absolute Gasteiger partial charge is 0.481 e. The summed E-state index contributed by atoms with van der Waals surface area (Å²) in [6.07, 6.45) is -0.723. The minimum atomic E-state index is -1.30. The summed E-state index contributed by atoms with van der Waals surface area (Å²) in [6.45, 7) is 2.94. The van der Waals surface area contributed by atoms with Crippen molar-refractivity contribution in [2.45, 2.75) is 18.9 Å². The number of carbonyl (C=O) groups excluding carboxylic acids is 1. The van der Waals surface area contributed by atoms with Gasteiger partial charge in [0, 0.05) is 31.9 Å². The number of benzene rings is 2. The van der Waals surface area contributed by atoms with Gasteiger partial charge in [0.2, 0.25) is 0 Å². The lowest BCUT2D eigenvalue weighted by molar-refractivity contribution is -0.161. The lowest BCUT2D eigenvalue weighted by atomic mass is 9.71. The van der Waals surface area contributed by atoms with Gasteiger partial charge in [-0.1, -0.05) is 42.5 Å². The SMILES string of the molecule is O=C(c1ccccc1N1CCOCC1)N1CC[C@](Cc2ccccc2)(C(=O)O)C(O)C1. The predicted molar refractivity (Wildman–Crippen MR) is 116 cm³/mol. The number of likely N-dealkylation sites (tertiary alicyclic amines) is 1. The maximum Gasteiger partial charge on any atom is 0.312 e. The maximum atomic E-state index is 13.4. The fourth-order valence-corrected chi connectivity index (χ4v) is 4.56. The Kier molecular flexibility index (Phi) is 6.25. The van der Waals surface area contributed by atoms with Crippen LogP contribution in [0.3, 0.4) is 0 Å². The zero-order valence-electron chi connectivity index (χ0n) is 17.4. The van der Waals surface area contributed by atoms with E-state index < -0.39 is 17.5 Å². The standard InChI is InChI=1S/C24H28N2O5/c27-21-17-26(11-10-24(21,23(29)30)16-18-6-2-1-3-7-18)22(28)19-8-4-5-9-20(19)25-12-14-31-15-13-25/h1-9,21,27H,10-17H2,(H,29,30)/t21?,24-/m1/s1. The number of β-amino-alcohol motifs (C(OH)–C–C–N with tert-alkyl or cyclic N) is 1. The van der Waals surface area contributed by atoms with Crippen molar-refractivity contribution >= 4 is 17.6 Å². The first-order valence-electron chi connectivity index (χ1n) is 10.7. The Bertz CT molecular complexity index is 929. The minimum absolute atomic E-state index is 0.00455. The first-order valence-corrected chi connectivity index (χ1v) is 10.7. The highest BCUT2D eigenvalue weighted by Crippen LogP contribution is 2.37. The third-order valence-corrected chi connectivity index (χ3v) is 6.42. The average Bonchev–Trinajstić information content (AvgIpc) is 2.81. The van der Waals surface area contributed by atoms with Crippen LogP contribution in [-0.2, 0) is 16.0 Å². The van der Waals surface area contributed by atoms with Crippen LogP contribution in [-0.4, -0.2) is 72.5 Å². The topological polar surface area (TPSA) is 90.3 Å². The van der Waals surface area contributed by atoms with Crippen molar-refractivity contribution in [3.63, 3.8) is 0 Å². The number of nitrogens with zero attached hydrogens (tertiary/aromatic N) is 2. The van der Waals surface area contributed by atoms with Gasteiger partial charge in [0.05, 0.1) is 24.9 Å². The summed E-state index contributed by atoms with van der Waals surface area (Å²) in [5, 5.41) is 20.9. The molecule has 0 radical (unpaired) electrons. The Morgan fingerprint density at radius 2 is 1.68 bits per heavy atom. The molecule has 2 saturated heterocycles. The van der Waals surface area contributed by atoms with E-state index in [1.54, 1.807) is 11.0 Å². The van der Waals surface area contributed by atoms with Gasteiger partial charge in [-0.15, -0.1) is 0 Å². The molecule has 0 aromatic heterocycles. The Morgan fingerprint density at radius 3 is 2.35 bits per heavy atom. The molecule has 2 aromatic carbocycles. The molecule has 164 valence electrons. The summed E-state index contributed by atoms with van der Waals surface area (Å²) in [7, 11) is 0. The monoisotopic (exact) mass is 424 g/mol. The van der Waals surface area contributed by atoms with E-state index in [2.05, 4.69) is 4.90 Å². The lowest BCUT2D eigenvalue weighted by Crippen LogP contribution is -2.57. The van der Waals surface area contributed by atoms with E-state index in [1.165, 1.54) is 0 Å². The number of anilines is 1. The number of carboxylic acids is 1. The second kappa shape index (κ2) is 9.08. The van der Waals surface area contributed by atoms with Crippen LogP contribution in [0.25, 0.3) is 0 Å². The van der Waals surface area contributed by atoms with Crippen LogP contribution in [0.1, 0.15) is 22.3 Å². The van der Waals surface area contributed by atoms with Gasteiger partial charge in [-0.3, -0.25) is 9.59 Å². The number of carboxylic acid groups (broad SMARTS) is 1. The quantitative estimate of drug-likeness (QED) is 0.764. The molecule has 2 aliphatic heterocycles. The van der Waals surface area contributed by atoms with Gasteiger partial charge in [0.15, 0.2) is 0 Å². The summed E-state index contributed by atoms with van der Waals surface area (Å²) >= 11 is 0. The van der Waals surface area contributed by atoms with Crippen LogP contribution in [0, 0.1) is 5.41 Å². The molecule has 0 aliphatic carbocycles. The van der Waals surface area contributed by atoms with Crippen molar-refractivity contribution in [1.29, 1.82) is 0 Å². The molecular formula is C24H28N2O5. The van der Waals surface area contributed by atoms with Crippen LogP contribution in [0.15, 0.2) is 54.6 Å². The van der Waals surface area contributed by atoms with Crippen molar-refractivity contribution < 1.29 is 24.5 Å². The van der Waals surface area contributed by atoms with Gasteiger partial charge < -0.3 is 24.7 Å². The van der Waals surface area contributed by atoms with Gasteiger partial charge in [-0.05, 0) is 30.5 Å². The highest BCUT2D eigenvalue weighted by molar-refractivity contribution is 6.00. The van der Waals surface area contributed by atoms with E-state index in [0.717, 1.165) is 11.3 Å². The molecule has 1 amide bonds. The molecule has 0 spiro atoms. The third kappa shape index (κ3) is 4.29. The van der Waals surface area contributed by atoms with E-state index in [0.29, 0.717) is 31.9 Å². The normalized spacial score (nSPS) is 24.1. The summed E-state index contributed by atoms with van der Waals surface area (Å²) in [5.74, 6) is -1.20. The second-order valence-electron chi connectivity index (χ2n) is 8.26. The fraction of sp³-hybridized carbons (Fsp3) is 0.417. The first kappa shape index (κ1) is 21.3. The molecule has 1 unspecified atom stereocenters. The molecule has 4 rings (SSSR count). The lowest BCUT2D eigenvalue weighted by Gasteiger charge is -2.43. The second-order valence-corrected chi connectivity index (χ2v) is 8.26. The Morgan fingerprint density at radius 1 is 1.00 bits per heavy atom. The Labute approximate surface area is 181 Å². The zero-order valence-corrected chi connectivity index (χ0v) is 17.4. The molecule has 2 heterocycles. The van der Waals surface area contributed by atoms with Crippen molar-refractivity contribution in [2.24, 2.45) is 5.41 Å². The number of morpholine rings is 1. The number of aliphatic hydroxyl groups is 1. The van der Waals surface area contributed by atoms with Gasteiger partial charge in [-0.25, -0.2) is 0 Å². The van der Waals surface area contributed by atoms with Crippen molar-refractivity contribution in [3.05, 3.63) is 65.7 Å². The minimum Gasteiger partial charge on any atom is -0.481 e. The molecule has 2 fully saturated rings. The number of piperidine rings is 1. The number of para-hydroxylation sites is 1. The molecule has 0 saturated carbocycles. The van der Waals surface area contributed by atoms with E-state index in [1.807, 2.05) is 48.5 Å². The number of hydrogen-bond donors (Lipinski definition) is 2. The van der Waals surface area contributed by atoms with Gasteiger partial charge in [0.1, 0.15) is 5.41 Å². The zero-order chi connectivity index (χ0) is 21.8. The summed E-state index contributed by atoms with van der Waals surface area (Å²) < 4.78 is 5.42. The highest BCUT2D eigenvalue weighted by atomic mass is 16.5. The molecule has 0 bridgehead atoms. The highest BCUT2D eigenvalue weighted by Gasteiger charge is 2.49. The van der Waals surface area contributed by atoms with Gasteiger partial charge >= 0.3 is 5.97 Å². The molecule has 31 heavy (non-hydrogen) atoms.